The van der Waals surface area contributed by atoms with Gasteiger partial charge in [0.2, 0.25) is 0 Å². The molecule has 2 atom stereocenters. The molecule has 1 aliphatic heterocycles. The number of esters is 2. The van der Waals surface area contributed by atoms with Gasteiger partial charge in [-0.05, 0) is 50.1 Å². The zero-order chi connectivity index (χ0) is 25.1. The Morgan fingerprint density at radius 2 is 1.89 bits per heavy atom. The molecule has 1 N–H and O–H groups in total. The first-order chi connectivity index (χ1) is 17.0. The van der Waals surface area contributed by atoms with E-state index in [0.717, 1.165) is 44.1 Å². The minimum Gasteiger partial charge on any atom is -0.469 e. The SMILES string of the molecule is CCCCOC(=O)N1CCC(CCN[C@H](C(=O)OCc2ccccc2)C2CCCC2)(C(=O)OC)C1. The van der Waals surface area contributed by atoms with Crippen LogP contribution in [0.3, 0.4) is 0 Å². The van der Waals surface area contributed by atoms with Gasteiger partial charge in [-0.2, -0.15) is 0 Å². The summed E-state index contributed by atoms with van der Waals surface area (Å²) in [6.07, 6.45) is 6.53. The van der Waals surface area contributed by atoms with E-state index in [0.29, 0.717) is 32.5 Å². The summed E-state index contributed by atoms with van der Waals surface area (Å²) in [7, 11) is 1.38. The summed E-state index contributed by atoms with van der Waals surface area (Å²) in [6.45, 7) is 3.83. The molecular weight excluding hydrogens is 448 g/mol. The quantitative estimate of drug-likeness (QED) is 0.269. The van der Waals surface area contributed by atoms with Crippen LogP contribution in [0.4, 0.5) is 4.79 Å². The third-order valence-corrected chi connectivity index (χ3v) is 7.27. The highest BCUT2D eigenvalue weighted by Crippen LogP contribution is 2.36. The fourth-order valence-corrected chi connectivity index (χ4v) is 5.13. The number of methoxy groups -OCH3 is 1. The van der Waals surface area contributed by atoms with Crippen molar-refractivity contribution in [3.05, 3.63) is 35.9 Å². The van der Waals surface area contributed by atoms with E-state index in [1.54, 1.807) is 4.90 Å². The number of nitrogens with zero attached hydrogens (tertiary/aromatic N) is 1. The highest BCUT2D eigenvalue weighted by atomic mass is 16.6. The van der Waals surface area contributed by atoms with Gasteiger partial charge in [-0.1, -0.05) is 56.5 Å². The van der Waals surface area contributed by atoms with Crippen molar-refractivity contribution in [2.75, 3.05) is 33.4 Å². The number of ether oxygens (including phenoxy) is 3. The third kappa shape index (κ3) is 7.43. The molecule has 8 nitrogen and oxygen atoms in total. The van der Waals surface area contributed by atoms with Gasteiger partial charge in [0.05, 0.1) is 19.1 Å². The second kappa shape index (κ2) is 13.5. The second-order valence-electron chi connectivity index (χ2n) is 9.73. The van der Waals surface area contributed by atoms with Crippen LogP contribution in [0.25, 0.3) is 0 Å². The first-order valence-electron chi connectivity index (χ1n) is 12.9. The molecule has 3 rings (SSSR count). The van der Waals surface area contributed by atoms with Crippen LogP contribution in [-0.4, -0.2) is 62.3 Å². The van der Waals surface area contributed by atoms with Crippen LogP contribution < -0.4 is 5.32 Å². The number of benzene rings is 1. The molecule has 2 aliphatic rings. The average Bonchev–Trinajstić information content (AvgIpc) is 3.57. The Labute approximate surface area is 208 Å². The van der Waals surface area contributed by atoms with Gasteiger partial charge >= 0.3 is 18.0 Å². The maximum absolute atomic E-state index is 13.0. The maximum atomic E-state index is 13.0. The summed E-state index contributed by atoms with van der Waals surface area (Å²) >= 11 is 0. The molecule has 1 heterocycles. The summed E-state index contributed by atoms with van der Waals surface area (Å²) in [5.41, 5.74) is 0.146. The van der Waals surface area contributed by atoms with Gasteiger partial charge in [0, 0.05) is 13.1 Å². The molecule has 1 saturated heterocycles. The molecule has 0 spiro atoms. The first kappa shape index (κ1) is 27.0. The van der Waals surface area contributed by atoms with Gasteiger partial charge in [-0.3, -0.25) is 9.59 Å². The molecular formula is C27H40N2O6. The number of hydrogen-bond donors (Lipinski definition) is 1. The van der Waals surface area contributed by atoms with Crippen LogP contribution in [0, 0.1) is 11.3 Å². The standard InChI is InChI=1S/C27H40N2O6/c1-3-4-18-34-26(32)29-17-15-27(20-29,25(31)33-2)14-16-28-23(22-12-8-9-13-22)24(30)35-19-21-10-6-5-7-11-21/h5-7,10-11,22-23,28H,3-4,8-9,12-20H2,1-2H3/t23-,27?/m0/s1. The molecule has 35 heavy (non-hydrogen) atoms. The highest BCUT2D eigenvalue weighted by Gasteiger charge is 2.47. The van der Waals surface area contributed by atoms with Crippen molar-refractivity contribution in [2.45, 2.75) is 70.9 Å². The number of unbranched alkanes of at least 4 members (excludes halogenated alkanes) is 1. The zero-order valence-electron chi connectivity index (χ0n) is 21.1. The molecule has 1 saturated carbocycles. The van der Waals surface area contributed by atoms with E-state index < -0.39 is 11.5 Å². The van der Waals surface area contributed by atoms with Crippen molar-refractivity contribution >= 4 is 18.0 Å². The van der Waals surface area contributed by atoms with Crippen molar-refractivity contribution in [3.63, 3.8) is 0 Å². The first-order valence-corrected chi connectivity index (χ1v) is 12.9. The Bertz CT molecular complexity index is 826. The summed E-state index contributed by atoms with van der Waals surface area (Å²) in [5.74, 6) is -0.353. The molecule has 1 aromatic rings. The van der Waals surface area contributed by atoms with Gasteiger partial charge in [0.25, 0.3) is 0 Å². The van der Waals surface area contributed by atoms with E-state index in [1.807, 2.05) is 37.3 Å². The van der Waals surface area contributed by atoms with Crippen LogP contribution >= 0.6 is 0 Å². The lowest BCUT2D eigenvalue weighted by Gasteiger charge is -2.28. The van der Waals surface area contributed by atoms with Crippen LogP contribution in [-0.2, 0) is 30.4 Å². The lowest BCUT2D eigenvalue weighted by molar-refractivity contribution is -0.152. The molecule has 1 unspecified atom stereocenters. The number of rotatable bonds is 12. The number of carbonyl (C=O) groups excluding carboxylic acids is 3. The van der Waals surface area contributed by atoms with Crippen LogP contribution in [0.15, 0.2) is 30.3 Å². The summed E-state index contributed by atoms with van der Waals surface area (Å²) in [5, 5.41) is 3.40. The van der Waals surface area contributed by atoms with Gasteiger partial charge in [-0.15, -0.1) is 0 Å². The molecule has 194 valence electrons. The van der Waals surface area contributed by atoms with E-state index in [4.69, 9.17) is 14.2 Å². The predicted molar refractivity (Wildman–Crippen MR) is 131 cm³/mol. The Morgan fingerprint density at radius 1 is 1.14 bits per heavy atom. The Kier molecular flexibility index (Phi) is 10.4. The Hall–Kier alpha value is -2.61. The highest BCUT2D eigenvalue weighted by molar-refractivity contribution is 5.79. The van der Waals surface area contributed by atoms with Gasteiger partial charge in [0.1, 0.15) is 12.6 Å². The number of likely N-dealkylation sites (tertiary alicyclic amines) is 1. The number of nitrogens with one attached hydrogen (secondary N) is 1. The Balaban J connectivity index is 1.58. The smallest absolute Gasteiger partial charge is 0.409 e. The molecule has 1 aromatic carbocycles. The lowest BCUT2D eigenvalue weighted by atomic mass is 9.83. The predicted octanol–water partition coefficient (Wildman–Crippen LogP) is 4.07. The number of amides is 1. The lowest BCUT2D eigenvalue weighted by Crippen LogP contribution is -2.46. The average molecular weight is 489 g/mol. The topological polar surface area (TPSA) is 94.2 Å². The molecule has 1 amide bonds. The van der Waals surface area contributed by atoms with E-state index in [1.165, 1.54) is 7.11 Å². The van der Waals surface area contributed by atoms with E-state index in [-0.39, 0.29) is 37.1 Å². The molecule has 0 bridgehead atoms. The normalized spacial score (nSPS) is 21.0. The molecule has 0 radical (unpaired) electrons. The van der Waals surface area contributed by atoms with Crippen molar-refractivity contribution in [3.8, 4) is 0 Å². The summed E-state index contributed by atoms with van der Waals surface area (Å²) < 4.78 is 16.1. The minimum atomic E-state index is -0.806. The minimum absolute atomic E-state index is 0.223. The van der Waals surface area contributed by atoms with Crippen LogP contribution in [0.5, 0.6) is 0 Å². The molecule has 2 fully saturated rings. The van der Waals surface area contributed by atoms with Gasteiger partial charge in [0.15, 0.2) is 0 Å². The van der Waals surface area contributed by atoms with Crippen molar-refractivity contribution in [2.24, 2.45) is 11.3 Å². The maximum Gasteiger partial charge on any atom is 0.409 e. The van der Waals surface area contributed by atoms with E-state index >= 15 is 0 Å². The van der Waals surface area contributed by atoms with E-state index in [2.05, 4.69) is 5.32 Å². The Morgan fingerprint density at radius 3 is 2.57 bits per heavy atom. The monoisotopic (exact) mass is 488 g/mol. The fourth-order valence-electron chi connectivity index (χ4n) is 5.13. The van der Waals surface area contributed by atoms with Gasteiger partial charge < -0.3 is 24.4 Å². The molecule has 8 heteroatoms. The second-order valence-corrected chi connectivity index (χ2v) is 9.73. The number of hydrogen-bond acceptors (Lipinski definition) is 7. The van der Waals surface area contributed by atoms with Crippen molar-refractivity contribution in [1.82, 2.24) is 10.2 Å². The molecule has 1 aliphatic carbocycles. The third-order valence-electron chi connectivity index (χ3n) is 7.27. The van der Waals surface area contributed by atoms with Gasteiger partial charge in [-0.25, -0.2) is 4.79 Å². The van der Waals surface area contributed by atoms with Crippen LogP contribution in [0.1, 0.15) is 63.9 Å². The molecule has 0 aromatic heterocycles. The number of carbonyl (C=O) groups is 3. The van der Waals surface area contributed by atoms with Crippen LogP contribution in [0.2, 0.25) is 0 Å². The summed E-state index contributed by atoms with van der Waals surface area (Å²) in [4.78, 5) is 39.8. The van der Waals surface area contributed by atoms with E-state index in [9.17, 15) is 14.4 Å². The largest absolute Gasteiger partial charge is 0.469 e. The van der Waals surface area contributed by atoms with Crippen molar-refractivity contribution < 1.29 is 28.6 Å². The van der Waals surface area contributed by atoms with Crippen molar-refractivity contribution in [1.29, 1.82) is 0 Å². The fraction of sp³-hybridized carbons (Fsp3) is 0.667. The zero-order valence-corrected chi connectivity index (χ0v) is 21.1. The summed E-state index contributed by atoms with van der Waals surface area (Å²) in [6, 6.07) is 9.24.